The van der Waals surface area contributed by atoms with Crippen LogP contribution in [0, 0.1) is 0 Å². The van der Waals surface area contributed by atoms with Crippen molar-refractivity contribution in [2.45, 2.75) is 25.7 Å². The van der Waals surface area contributed by atoms with Crippen molar-refractivity contribution in [1.29, 1.82) is 0 Å². The molecule has 0 fully saturated rings. The summed E-state index contributed by atoms with van der Waals surface area (Å²) in [7, 11) is 0. The quantitative estimate of drug-likeness (QED) is 0.494. The number of hydrogen-bond acceptors (Lipinski definition) is 0. The molecule has 14 heavy (non-hydrogen) atoms. The maximum atomic E-state index is 2.24. The van der Waals surface area contributed by atoms with Gasteiger partial charge in [-0.05, 0) is 25.7 Å². The second-order valence-electron chi connectivity index (χ2n) is 3.23. The van der Waals surface area contributed by atoms with Crippen LogP contribution in [0.5, 0.6) is 0 Å². The van der Waals surface area contributed by atoms with E-state index in [1.54, 1.807) is 0 Å². The van der Waals surface area contributed by atoms with E-state index in [0.717, 1.165) is 25.7 Å². The molecule has 74 valence electrons. The summed E-state index contributed by atoms with van der Waals surface area (Å²) in [5, 5.41) is 0. The molecule has 0 aliphatic heterocycles. The van der Waals surface area contributed by atoms with Gasteiger partial charge in [-0.15, -0.1) is 0 Å². The molecule has 0 saturated carbocycles. The summed E-state index contributed by atoms with van der Waals surface area (Å²) in [4.78, 5) is 0. The van der Waals surface area contributed by atoms with Gasteiger partial charge in [0.1, 0.15) is 0 Å². The van der Waals surface area contributed by atoms with Crippen LogP contribution in [-0.4, -0.2) is 0 Å². The molecule has 1 aliphatic carbocycles. The fraction of sp³-hybridized carbons (Fsp3) is 0.286. The van der Waals surface area contributed by atoms with Gasteiger partial charge in [-0.3, -0.25) is 0 Å². The van der Waals surface area contributed by atoms with E-state index >= 15 is 0 Å². The molecule has 0 bridgehead atoms. The molecular formula is C14H18. The van der Waals surface area contributed by atoms with Crippen molar-refractivity contribution in [3.8, 4) is 0 Å². The molecule has 0 aromatic heterocycles. The van der Waals surface area contributed by atoms with Crippen LogP contribution in [0.15, 0.2) is 60.8 Å². The highest BCUT2D eigenvalue weighted by atomic mass is 13.8. The van der Waals surface area contributed by atoms with Crippen LogP contribution in [0.25, 0.3) is 0 Å². The van der Waals surface area contributed by atoms with Gasteiger partial charge in [-0.25, -0.2) is 0 Å². The highest BCUT2D eigenvalue weighted by Gasteiger charge is 1.76. The minimum atomic E-state index is 1.02. The zero-order valence-electron chi connectivity index (χ0n) is 8.60. The molecule has 0 heterocycles. The number of hydrogen-bond donors (Lipinski definition) is 0. The van der Waals surface area contributed by atoms with Crippen LogP contribution in [0.3, 0.4) is 0 Å². The summed E-state index contributed by atoms with van der Waals surface area (Å²) in [5.74, 6) is 0. The Labute approximate surface area is 87.0 Å². The summed E-state index contributed by atoms with van der Waals surface area (Å²) in [6, 6.07) is 0. The van der Waals surface area contributed by atoms with Gasteiger partial charge in [0.25, 0.3) is 0 Å². The fourth-order valence-electron chi connectivity index (χ4n) is 1.21. The predicted octanol–water partition coefficient (Wildman–Crippen LogP) is 4.34. The molecule has 0 radical (unpaired) electrons. The average molecular weight is 186 g/mol. The van der Waals surface area contributed by atoms with Crippen LogP contribution in [0.1, 0.15) is 25.7 Å². The lowest BCUT2D eigenvalue weighted by molar-refractivity contribution is 1.04. The van der Waals surface area contributed by atoms with E-state index in [1.807, 2.05) is 0 Å². The van der Waals surface area contributed by atoms with Gasteiger partial charge in [0.2, 0.25) is 0 Å². The predicted molar refractivity (Wildman–Crippen MR) is 64.2 cm³/mol. The third-order valence-corrected chi connectivity index (χ3v) is 1.98. The Bertz CT molecular complexity index is 262. The molecular weight excluding hydrogens is 168 g/mol. The Morgan fingerprint density at radius 2 is 0.929 bits per heavy atom. The molecule has 0 aromatic carbocycles. The summed E-state index contributed by atoms with van der Waals surface area (Å²) < 4.78 is 0. The topological polar surface area (TPSA) is 0 Å². The Kier molecular flexibility index (Phi) is 6.39. The van der Waals surface area contributed by atoms with Gasteiger partial charge in [-0.2, -0.15) is 0 Å². The Morgan fingerprint density at radius 1 is 0.429 bits per heavy atom. The van der Waals surface area contributed by atoms with Crippen molar-refractivity contribution in [2.24, 2.45) is 0 Å². The molecule has 0 atom stereocenters. The van der Waals surface area contributed by atoms with Crippen molar-refractivity contribution in [3.05, 3.63) is 60.8 Å². The van der Waals surface area contributed by atoms with Crippen molar-refractivity contribution >= 4 is 0 Å². The number of allylic oxidation sites excluding steroid dienone is 10. The minimum absolute atomic E-state index is 1.02. The van der Waals surface area contributed by atoms with Crippen LogP contribution < -0.4 is 0 Å². The van der Waals surface area contributed by atoms with E-state index in [-0.39, 0.29) is 0 Å². The maximum Gasteiger partial charge on any atom is -0.0163 e. The standard InChI is InChI=1S/C14H18/c1-2-4-6-8-10-12-14-13-11-9-7-5-3-1/h1-4,7-11,13H,5-6,12,14H2. The van der Waals surface area contributed by atoms with Crippen molar-refractivity contribution in [3.63, 3.8) is 0 Å². The molecule has 0 aromatic rings. The molecule has 0 amide bonds. The van der Waals surface area contributed by atoms with Gasteiger partial charge >= 0.3 is 0 Å². The SMILES string of the molecule is C1=CCC=CC=CCCC=CCC=C1. The molecule has 0 saturated heterocycles. The third kappa shape index (κ3) is 6.24. The molecule has 0 N–H and O–H groups in total. The zero-order chi connectivity index (χ0) is 9.90. The monoisotopic (exact) mass is 186 g/mol. The average Bonchev–Trinajstić information content (AvgIpc) is 2.22. The molecule has 0 nitrogen and oxygen atoms in total. The van der Waals surface area contributed by atoms with Gasteiger partial charge in [0.15, 0.2) is 0 Å². The van der Waals surface area contributed by atoms with E-state index in [9.17, 15) is 0 Å². The first-order valence-electron chi connectivity index (χ1n) is 5.28. The molecule has 0 heteroatoms. The maximum absolute atomic E-state index is 2.24. The van der Waals surface area contributed by atoms with E-state index < -0.39 is 0 Å². The molecule has 1 aliphatic rings. The lowest BCUT2D eigenvalue weighted by atomic mass is 10.2. The highest BCUT2D eigenvalue weighted by Crippen LogP contribution is 1.97. The molecule has 0 unspecified atom stereocenters. The minimum Gasteiger partial charge on any atom is -0.0879 e. The first-order valence-corrected chi connectivity index (χ1v) is 5.28. The van der Waals surface area contributed by atoms with Gasteiger partial charge < -0.3 is 0 Å². The van der Waals surface area contributed by atoms with E-state index in [4.69, 9.17) is 0 Å². The van der Waals surface area contributed by atoms with E-state index in [1.165, 1.54) is 0 Å². The second kappa shape index (κ2) is 8.31. The first-order chi connectivity index (χ1) is 7.00. The van der Waals surface area contributed by atoms with Gasteiger partial charge in [0.05, 0.1) is 0 Å². The van der Waals surface area contributed by atoms with Crippen molar-refractivity contribution in [1.82, 2.24) is 0 Å². The Hall–Kier alpha value is -1.30. The highest BCUT2D eigenvalue weighted by molar-refractivity contribution is 5.10. The summed E-state index contributed by atoms with van der Waals surface area (Å²) in [5.41, 5.74) is 0. The van der Waals surface area contributed by atoms with Crippen LogP contribution in [0.4, 0.5) is 0 Å². The number of rotatable bonds is 0. The van der Waals surface area contributed by atoms with Gasteiger partial charge in [-0.1, -0.05) is 60.8 Å². The van der Waals surface area contributed by atoms with Crippen molar-refractivity contribution < 1.29 is 0 Å². The second-order valence-corrected chi connectivity index (χ2v) is 3.23. The zero-order valence-corrected chi connectivity index (χ0v) is 8.60. The van der Waals surface area contributed by atoms with E-state index in [2.05, 4.69) is 60.8 Å². The Morgan fingerprint density at radius 3 is 1.64 bits per heavy atom. The van der Waals surface area contributed by atoms with Crippen LogP contribution in [-0.2, 0) is 0 Å². The normalized spacial score (nSPS) is 18.3. The van der Waals surface area contributed by atoms with E-state index in [0.29, 0.717) is 0 Å². The van der Waals surface area contributed by atoms with Crippen LogP contribution in [0.2, 0.25) is 0 Å². The lowest BCUT2D eigenvalue weighted by Crippen LogP contribution is -1.66. The Balaban J connectivity index is 2.45. The fourth-order valence-corrected chi connectivity index (χ4v) is 1.21. The van der Waals surface area contributed by atoms with Crippen LogP contribution >= 0.6 is 0 Å². The van der Waals surface area contributed by atoms with Crippen molar-refractivity contribution in [2.75, 3.05) is 0 Å². The summed E-state index contributed by atoms with van der Waals surface area (Å²) >= 11 is 0. The third-order valence-electron chi connectivity index (χ3n) is 1.98. The lowest BCUT2D eigenvalue weighted by Gasteiger charge is -1.87. The molecule has 0 spiro atoms. The largest absolute Gasteiger partial charge is 0.0879 e. The summed E-state index contributed by atoms with van der Waals surface area (Å²) in [6.45, 7) is 0. The summed E-state index contributed by atoms with van der Waals surface area (Å²) in [6.07, 6.45) is 26.0. The molecule has 1 rings (SSSR count). The smallest absolute Gasteiger partial charge is 0.0163 e. The van der Waals surface area contributed by atoms with Gasteiger partial charge in [0, 0.05) is 0 Å². The first kappa shape index (κ1) is 10.8.